The minimum Gasteiger partial charge on any atom is -0.497 e. The van der Waals surface area contributed by atoms with Crippen LogP contribution < -0.4 is 9.64 Å². The van der Waals surface area contributed by atoms with Crippen LogP contribution in [-0.4, -0.2) is 83.2 Å². The van der Waals surface area contributed by atoms with Crippen molar-refractivity contribution in [2.75, 3.05) is 51.3 Å². The van der Waals surface area contributed by atoms with Crippen LogP contribution in [0.5, 0.6) is 5.75 Å². The number of H-pyrrole nitrogens is 1. The van der Waals surface area contributed by atoms with Gasteiger partial charge in [0, 0.05) is 74.9 Å². The molecule has 2 fully saturated rings. The summed E-state index contributed by atoms with van der Waals surface area (Å²) in [5.74, 6) is 0.946. The fourth-order valence-electron chi connectivity index (χ4n) is 4.85. The number of ether oxygens (including phenoxy) is 1. The molecule has 9 heteroatoms. The van der Waals surface area contributed by atoms with Gasteiger partial charge in [-0.05, 0) is 43.2 Å². The van der Waals surface area contributed by atoms with E-state index >= 15 is 0 Å². The summed E-state index contributed by atoms with van der Waals surface area (Å²) < 4.78 is 5.33. The Labute approximate surface area is 204 Å². The van der Waals surface area contributed by atoms with Gasteiger partial charge in [-0.25, -0.2) is 0 Å². The number of anilines is 1. The number of aromatic nitrogens is 3. The molecule has 182 valence electrons. The number of rotatable bonds is 5. The zero-order valence-corrected chi connectivity index (χ0v) is 19.9. The number of hydrogen-bond acceptors (Lipinski definition) is 6. The average molecular weight is 475 g/mol. The molecule has 0 spiro atoms. The van der Waals surface area contributed by atoms with Crippen molar-refractivity contribution < 1.29 is 14.3 Å². The number of carbonyl (C=O) groups excluding carboxylic acids is 2. The molecule has 2 aliphatic heterocycles. The molecule has 2 aromatic heterocycles. The zero-order valence-electron chi connectivity index (χ0n) is 19.9. The Morgan fingerprint density at radius 1 is 0.943 bits per heavy atom. The van der Waals surface area contributed by atoms with Gasteiger partial charge in [-0.1, -0.05) is 6.07 Å². The van der Waals surface area contributed by atoms with Gasteiger partial charge in [-0.15, -0.1) is 0 Å². The summed E-state index contributed by atoms with van der Waals surface area (Å²) in [5.41, 5.74) is 3.21. The second kappa shape index (κ2) is 10.2. The second-order valence-electron chi connectivity index (χ2n) is 8.98. The van der Waals surface area contributed by atoms with Crippen LogP contribution in [0.2, 0.25) is 0 Å². The van der Waals surface area contributed by atoms with Gasteiger partial charge < -0.3 is 19.4 Å². The molecule has 0 aliphatic carbocycles. The summed E-state index contributed by atoms with van der Waals surface area (Å²) in [7, 11) is 1.67. The summed E-state index contributed by atoms with van der Waals surface area (Å²) in [4.78, 5) is 36.2. The summed E-state index contributed by atoms with van der Waals surface area (Å²) in [6, 6.07) is 13.5. The SMILES string of the molecule is COc1cccc(N2CCN(C(=O)C3CCN(C(=O)c4cc(-c5ccncc5)n[nH]4)CC3)CC2)c1. The Morgan fingerprint density at radius 2 is 1.69 bits per heavy atom. The molecule has 35 heavy (non-hydrogen) atoms. The van der Waals surface area contributed by atoms with Gasteiger partial charge in [0.25, 0.3) is 5.91 Å². The molecule has 2 aliphatic rings. The van der Waals surface area contributed by atoms with Gasteiger partial charge in [-0.2, -0.15) is 5.10 Å². The lowest BCUT2D eigenvalue weighted by molar-refractivity contribution is -0.137. The maximum atomic E-state index is 13.2. The quantitative estimate of drug-likeness (QED) is 0.611. The van der Waals surface area contributed by atoms with Crippen molar-refractivity contribution in [3.05, 3.63) is 60.6 Å². The number of aromatic amines is 1. The number of methoxy groups -OCH3 is 1. The van der Waals surface area contributed by atoms with Crippen molar-refractivity contribution in [1.82, 2.24) is 25.0 Å². The highest BCUT2D eigenvalue weighted by atomic mass is 16.5. The highest BCUT2D eigenvalue weighted by Gasteiger charge is 2.32. The summed E-state index contributed by atoms with van der Waals surface area (Å²) in [6.07, 6.45) is 4.77. The number of benzene rings is 1. The van der Waals surface area contributed by atoms with E-state index in [0.717, 1.165) is 30.1 Å². The Bertz CT molecular complexity index is 1160. The lowest BCUT2D eigenvalue weighted by Crippen LogP contribution is -2.52. The van der Waals surface area contributed by atoms with Gasteiger partial charge >= 0.3 is 0 Å². The number of amides is 2. The van der Waals surface area contributed by atoms with E-state index in [1.165, 1.54) is 0 Å². The fourth-order valence-corrected chi connectivity index (χ4v) is 4.85. The van der Waals surface area contributed by atoms with Crippen LogP contribution >= 0.6 is 0 Å². The number of likely N-dealkylation sites (tertiary alicyclic amines) is 1. The molecule has 0 saturated carbocycles. The van der Waals surface area contributed by atoms with Gasteiger partial charge in [0.15, 0.2) is 0 Å². The molecule has 1 aromatic carbocycles. The van der Waals surface area contributed by atoms with E-state index < -0.39 is 0 Å². The van der Waals surface area contributed by atoms with Crippen molar-refractivity contribution in [2.24, 2.45) is 5.92 Å². The molecule has 0 radical (unpaired) electrons. The van der Waals surface area contributed by atoms with Crippen LogP contribution in [0.4, 0.5) is 5.69 Å². The van der Waals surface area contributed by atoms with Gasteiger partial charge in [0.05, 0.1) is 12.8 Å². The molecule has 2 amide bonds. The minimum atomic E-state index is -0.0735. The predicted octanol–water partition coefficient (Wildman–Crippen LogP) is 2.68. The van der Waals surface area contributed by atoms with E-state index in [1.54, 1.807) is 25.6 Å². The number of carbonyl (C=O) groups is 2. The lowest BCUT2D eigenvalue weighted by atomic mass is 9.94. The van der Waals surface area contributed by atoms with Crippen molar-refractivity contribution in [1.29, 1.82) is 0 Å². The standard InChI is InChI=1S/C26H30N6O3/c1-35-22-4-2-3-21(17-22)30-13-15-32(16-14-30)25(33)20-7-11-31(12-8-20)26(34)24-18-23(28-29-24)19-5-9-27-10-6-19/h2-6,9-10,17-18,20H,7-8,11-16H2,1H3,(H,28,29). The number of pyridine rings is 1. The highest BCUT2D eigenvalue weighted by molar-refractivity contribution is 5.93. The first-order chi connectivity index (χ1) is 17.1. The first kappa shape index (κ1) is 22.9. The van der Waals surface area contributed by atoms with E-state index in [0.29, 0.717) is 50.4 Å². The number of piperazine rings is 1. The first-order valence-electron chi connectivity index (χ1n) is 12.1. The molecule has 0 unspecified atom stereocenters. The minimum absolute atomic E-state index is 0.0310. The molecular formula is C26H30N6O3. The zero-order chi connectivity index (χ0) is 24.2. The van der Waals surface area contributed by atoms with E-state index in [9.17, 15) is 9.59 Å². The van der Waals surface area contributed by atoms with Gasteiger partial charge in [0.2, 0.25) is 5.91 Å². The van der Waals surface area contributed by atoms with E-state index in [2.05, 4.69) is 26.1 Å². The monoisotopic (exact) mass is 474 g/mol. The summed E-state index contributed by atoms with van der Waals surface area (Å²) in [5, 5.41) is 7.13. The largest absolute Gasteiger partial charge is 0.497 e. The summed E-state index contributed by atoms with van der Waals surface area (Å²) >= 11 is 0. The predicted molar refractivity (Wildman–Crippen MR) is 132 cm³/mol. The molecule has 1 N–H and O–H groups in total. The van der Waals surface area contributed by atoms with Gasteiger partial charge in [0.1, 0.15) is 11.4 Å². The molecular weight excluding hydrogens is 444 g/mol. The van der Waals surface area contributed by atoms with E-state index in [1.807, 2.05) is 40.1 Å². The number of piperidine rings is 1. The number of nitrogens with zero attached hydrogens (tertiary/aromatic N) is 5. The van der Waals surface area contributed by atoms with Crippen molar-refractivity contribution in [2.45, 2.75) is 12.8 Å². The van der Waals surface area contributed by atoms with E-state index in [4.69, 9.17) is 4.74 Å². The summed E-state index contributed by atoms with van der Waals surface area (Å²) in [6.45, 7) is 4.17. The molecule has 4 heterocycles. The van der Waals surface area contributed by atoms with Crippen molar-refractivity contribution in [3.63, 3.8) is 0 Å². The first-order valence-corrected chi connectivity index (χ1v) is 12.1. The molecule has 0 bridgehead atoms. The third-order valence-electron chi connectivity index (χ3n) is 6.93. The van der Waals surface area contributed by atoms with Crippen LogP contribution in [0.25, 0.3) is 11.3 Å². The van der Waals surface area contributed by atoms with Crippen LogP contribution in [0.1, 0.15) is 23.3 Å². The van der Waals surface area contributed by atoms with Crippen LogP contribution in [-0.2, 0) is 4.79 Å². The van der Waals surface area contributed by atoms with Crippen LogP contribution in [0, 0.1) is 5.92 Å². The Kier molecular flexibility index (Phi) is 6.65. The Balaban J connectivity index is 1.12. The maximum absolute atomic E-state index is 13.2. The van der Waals surface area contributed by atoms with Crippen LogP contribution in [0.15, 0.2) is 54.9 Å². The van der Waals surface area contributed by atoms with Crippen molar-refractivity contribution in [3.8, 4) is 17.0 Å². The maximum Gasteiger partial charge on any atom is 0.271 e. The molecule has 3 aromatic rings. The molecule has 9 nitrogen and oxygen atoms in total. The lowest BCUT2D eigenvalue weighted by Gasteiger charge is -2.39. The van der Waals surface area contributed by atoms with Gasteiger partial charge in [-0.3, -0.25) is 19.7 Å². The van der Waals surface area contributed by atoms with E-state index in [-0.39, 0.29) is 17.7 Å². The smallest absolute Gasteiger partial charge is 0.271 e. The average Bonchev–Trinajstić information content (AvgIpc) is 3.43. The highest BCUT2D eigenvalue weighted by Crippen LogP contribution is 2.25. The third-order valence-corrected chi connectivity index (χ3v) is 6.93. The number of hydrogen-bond donors (Lipinski definition) is 1. The number of nitrogens with one attached hydrogen (secondary N) is 1. The molecule has 2 saturated heterocycles. The molecule has 0 atom stereocenters. The Hall–Kier alpha value is -3.88. The normalized spacial score (nSPS) is 16.9. The molecule has 5 rings (SSSR count). The second-order valence-corrected chi connectivity index (χ2v) is 8.98. The Morgan fingerprint density at radius 3 is 2.40 bits per heavy atom. The van der Waals surface area contributed by atoms with Crippen LogP contribution in [0.3, 0.4) is 0 Å². The topological polar surface area (TPSA) is 94.7 Å². The third kappa shape index (κ3) is 4.99. The fraction of sp³-hybridized carbons (Fsp3) is 0.385. The van der Waals surface area contributed by atoms with Crippen molar-refractivity contribution >= 4 is 17.5 Å².